The highest BCUT2D eigenvalue weighted by Crippen LogP contribution is 2.17. The standard InChI is InChI=1S/C9H13F3N4O2/c1-2-3-16-6(13)5(7(17)15-8(16)18)14-4-9(10,11)12/h14H,2-4,13H2,1H3,(H,15,17,18). The van der Waals surface area contributed by atoms with E-state index in [2.05, 4.69) is 0 Å². The van der Waals surface area contributed by atoms with Crippen LogP contribution in [0.2, 0.25) is 0 Å². The van der Waals surface area contributed by atoms with E-state index in [0.29, 0.717) is 6.42 Å². The Bertz CT molecular complexity index is 532. The van der Waals surface area contributed by atoms with E-state index >= 15 is 0 Å². The Morgan fingerprint density at radius 3 is 2.50 bits per heavy atom. The van der Waals surface area contributed by atoms with Gasteiger partial charge in [-0.1, -0.05) is 6.92 Å². The Hall–Kier alpha value is -1.93. The van der Waals surface area contributed by atoms with Crippen molar-refractivity contribution in [2.75, 3.05) is 17.6 Å². The SMILES string of the molecule is CCCn1c(N)c(NCC(F)(F)F)c(=O)[nH]c1=O. The molecule has 1 heterocycles. The predicted molar refractivity (Wildman–Crippen MR) is 60.6 cm³/mol. The van der Waals surface area contributed by atoms with Crippen LogP contribution in [-0.4, -0.2) is 22.3 Å². The Labute approximate surface area is 99.6 Å². The van der Waals surface area contributed by atoms with Crippen LogP contribution in [0.15, 0.2) is 9.59 Å². The molecule has 0 aliphatic heterocycles. The molecule has 9 heteroatoms. The summed E-state index contributed by atoms with van der Waals surface area (Å²) in [5, 5.41) is 1.89. The van der Waals surface area contributed by atoms with Crippen molar-refractivity contribution in [3.05, 3.63) is 20.8 Å². The molecule has 1 aromatic heterocycles. The van der Waals surface area contributed by atoms with Crippen molar-refractivity contribution < 1.29 is 13.2 Å². The van der Waals surface area contributed by atoms with Crippen LogP contribution >= 0.6 is 0 Å². The minimum Gasteiger partial charge on any atom is -0.383 e. The summed E-state index contributed by atoms with van der Waals surface area (Å²) in [5.41, 5.74) is 3.37. The molecule has 0 saturated carbocycles. The van der Waals surface area contributed by atoms with Crippen molar-refractivity contribution in [2.24, 2.45) is 0 Å². The number of rotatable bonds is 4. The van der Waals surface area contributed by atoms with E-state index in [0.717, 1.165) is 4.57 Å². The van der Waals surface area contributed by atoms with Crippen LogP contribution in [-0.2, 0) is 6.54 Å². The molecule has 0 atom stereocenters. The van der Waals surface area contributed by atoms with Gasteiger partial charge in [-0.15, -0.1) is 0 Å². The lowest BCUT2D eigenvalue weighted by Gasteiger charge is -2.14. The van der Waals surface area contributed by atoms with Gasteiger partial charge in [-0.05, 0) is 6.42 Å². The molecule has 18 heavy (non-hydrogen) atoms. The average Bonchev–Trinajstić information content (AvgIpc) is 2.22. The molecule has 0 aromatic carbocycles. The third-order valence-electron chi connectivity index (χ3n) is 2.15. The number of hydrogen-bond acceptors (Lipinski definition) is 4. The van der Waals surface area contributed by atoms with Gasteiger partial charge in [-0.2, -0.15) is 13.2 Å². The molecule has 0 spiro atoms. The summed E-state index contributed by atoms with van der Waals surface area (Å²) in [7, 11) is 0. The van der Waals surface area contributed by atoms with E-state index < -0.39 is 29.7 Å². The highest BCUT2D eigenvalue weighted by atomic mass is 19.4. The minimum atomic E-state index is -4.48. The van der Waals surface area contributed by atoms with Gasteiger partial charge in [-0.3, -0.25) is 14.3 Å². The van der Waals surface area contributed by atoms with Crippen molar-refractivity contribution in [1.82, 2.24) is 9.55 Å². The maximum absolute atomic E-state index is 12.0. The normalized spacial score (nSPS) is 11.6. The number of anilines is 2. The van der Waals surface area contributed by atoms with Gasteiger partial charge in [0.15, 0.2) is 0 Å². The van der Waals surface area contributed by atoms with Gasteiger partial charge in [0.05, 0.1) is 0 Å². The van der Waals surface area contributed by atoms with Crippen LogP contribution in [0.5, 0.6) is 0 Å². The Morgan fingerprint density at radius 1 is 1.39 bits per heavy atom. The van der Waals surface area contributed by atoms with Crippen LogP contribution in [0.3, 0.4) is 0 Å². The first-order valence-electron chi connectivity index (χ1n) is 5.19. The van der Waals surface area contributed by atoms with Crippen LogP contribution in [0, 0.1) is 0 Å². The number of nitrogen functional groups attached to an aromatic ring is 1. The number of alkyl halides is 3. The molecule has 0 amide bonds. The number of hydrogen-bond donors (Lipinski definition) is 3. The number of aromatic amines is 1. The Balaban J connectivity index is 3.16. The highest BCUT2D eigenvalue weighted by Gasteiger charge is 2.27. The maximum Gasteiger partial charge on any atom is 0.405 e. The molecule has 1 rings (SSSR count). The number of halogens is 3. The zero-order valence-electron chi connectivity index (χ0n) is 9.60. The zero-order chi connectivity index (χ0) is 13.9. The average molecular weight is 266 g/mol. The number of nitrogens with zero attached hydrogens (tertiary/aromatic N) is 1. The molecule has 0 unspecified atom stereocenters. The fourth-order valence-electron chi connectivity index (χ4n) is 1.39. The van der Waals surface area contributed by atoms with Crippen LogP contribution in [0.25, 0.3) is 0 Å². The number of nitrogens with one attached hydrogen (secondary N) is 2. The van der Waals surface area contributed by atoms with E-state index in [9.17, 15) is 22.8 Å². The number of H-pyrrole nitrogens is 1. The predicted octanol–water partition coefficient (Wildman–Crippen LogP) is 0.503. The molecule has 0 radical (unpaired) electrons. The molecule has 0 aliphatic carbocycles. The van der Waals surface area contributed by atoms with Crippen LogP contribution < -0.4 is 22.3 Å². The van der Waals surface area contributed by atoms with Gasteiger partial charge >= 0.3 is 11.9 Å². The Morgan fingerprint density at radius 2 is 2.00 bits per heavy atom. The quantitative estimate of drug-likeness (QED) is 0.740. The highest BCUT2D eigenvalue weighted by molar-refractivity contribution is 5.60. The molecule has 6 nitrogen and oxygen atoms in total. The summed E-state index contributed by atoms with van der Waals surface area (Å²) < 4.78 is 37.2. The largest absolute Gasteiger partial charge is 0.405 e. The molecule has 102 valence electrons. The van der Waals surface area contributed by atoms with Crippen molar-refractivity contribution in [3.8, 4) is 0 Å². The van der Waals surface area contributed by atoms with Crippen molar-refractivity contribution >= 4 is 11.5 Å². The van der Waals surface area contributed by atoms with E-state index in [1.54, 1.807) is 6.92 Å². The molecule has 0 fully saturated rings. The van der Waals surface area contributed by atoms with E-state index in [1.165, 1.54) is 0 Å². The van der Waals surface area contributed by atoms with Crippen molar-refractivity contribution in [3.63, 3.8) is 0 Å². The van der Waals surface area contributed by atoms with Crippen LogP contribution in [0.4, 0.5) is 24.7 Å². The summed E-state index contributed by atoms with van der Waals surface area (Å²) in [5.74, 6) is -0.296. The van der Waals surface area contributed by atoms with Gasteiger partial charge in [-0.25, -0.2) is 4.79 Å². The second-order valence-corrected chi connectivity index (χ2v) is 3.64. The Kier molecular flexibility index (Phi) is 4.04. The van der Waals surface area contributed by atoms with Crippen LogP contribution in [0.1, 0.15) is 13.3 Å². The number of nitrogens with two attached hydrogens (primary N) is 1. The first-order valence-corrected chi connectivity index (χ1v) is 5.19. The van der Waals surface area contributed by atoms with E-state index in [1.807, 2.05) is 10.3 Å². The third kappa shape index (κ3) is 3.28. The topological polar surface area (TPSA) is 92.9 Å². The smallest absolute Gasteiger partial charge is 0.383 e. The van der Waals surface area contributed by atoms with Gasteiger partial charge in [0.25, 0.3) is 5.56 Å². The fraction of sp³-hybridized carbons (Fsp3) is 0.556. The summed E-state index contributed by atoms with van der Waals surface area (Å²) in [6.07, 6.45) is -3.93. The molecule has 0 saturated heterocycles. The molecule has 0 aliphatic rings. The molecule has 1 aromatic rings. The summed E-state index contributed by atoms with van der Waals surface area (Å²) >= 11 is 0. The zero-order valence-corrected chi connectivity index (χ0v) is 9.60. The fourth-order valence-corrected chi connectivity index (χ4v) is 1.39. The van der Waals surface area contributed by atoms with E-state index in [-0.39, 0.29) is 12.4 Å². The van der Waals surface area contributed by atoms with Crippen molar-refractivity contribution in [2.45, 2.75) is 26.1 Å². The second-order valence-electron chi connectivity index (χ2n) is 3.64. The van der Waals surface area contributed by atoms with Gasteiger partial charge in [0.1, 0.15) is 18.1 Å². The maximum atomic E-state index is 12.0. The van der Waals surface area contributed by atoms with E-state index in [4.69, 9.17) is 5.73 Å². The monoisotopic (exact) mass is 266 g/mol. The summed E-state index contributed by atoms with van der Waals surface area (Å²) in [4.78, 5) is 24.6. The van der Waals surface area contributed by atoms with Gasteiger partial charge in [0, 0.05) is 6.54 Å². The lowest BCUT2D eigenvalue weighted by molar-refractivity contribution is -0.115. The van der Waals surface area contributed by atoms with Crippen molar-refractivity contribution in [1.29, 1.82) is 0 Å². The van der Waals surface area contributed by atoms with Gasteiger partial charge < -0.3 is 11.1 Å². The molecule has 0 bridgehead atoms. The van der Waals surface area contributed by atoms with Gasteiger partial charge in [0.2, 0.25) is 0 Å². The molecular formula is C9H13F3N4O2. The third-order valence-corrected chi connectivity index (χ3v) is 2.15. The lowest BCUT2D eigenvalue weighted by atomic mass is 10.4. The summed E-state index contributed by atoms with van der Waals surface area (Å²) in [6.45, 7) is 0.576. The number of aromatic nitrogens is 2. The first-order chi connectivity index (χ1) is 8.26. The molecular weight excluding hydrogens is 253 g/mol. The minimum absolute atomic E-state index is 0.210. The lowest BCUT2D eigenvalue weighted by Crippen LogP contribution is -2.35. The first kappa shape index (κ1) is 14.1. The summed E-state index contributed by atoms with van der Waals surface area (Å²) in [6, 6.07) is 0. The second kappa shape index (κ2) is 5.15. The molecule has 4 N–H and O–H groups in total.